The maximum absolute atomic E-state index is 12.0. The third-order valence-corrected chi connectivity index (χ3v) is 5.29. The second-order valence-corrected chi connectivity index (χ2v) is 7.42. The minimum absolute atomic E-state index is 0.0125. The molecule has 0 spiro atoms. The summed E-state index contributed by atoms with van der Waals surface area (Å²) in [4.78, 5) is 24.0. The van der Waals surface area contributed by atoms with Crippen LogP contribution in [-0.4, -0.2) is 24.0 Å². The van der Waals surface area contributed by atoms with Crippen molar-refractivity contribution in [1.82, 2.24) is 10.6 Å². The van der Waals surface area contributed by atoms with Gasteiger partial charge in [-0.3, -0.25) is 20.2 Å². The Morgan fingerprint density at radius 1 is 1.19 bits per heavy atom. The van der Waals surface area contributed by atoms with E-state index >= 15 is 0 Å². The highest BCUT2D eigenvalue weighted by molar-refractivity contribution is 9.10. The molecule has 1 aliphatic heterocycles. The predicted molar refractivity (Wildman–Crippen MR) is 112 cm³/mol. The molecule has 8 heteroatoms. The van der Waals surface area contributed by atoms with Crippen molar-refractivity contribution < 1.29 is 14.3 Å². The van der Waals surface area contributed by atoms with Gasteiger partial charge in [0, 0.05) is 21.5 Å². The first-order valence-corrected chi connectivity index (χ1v) is 9.45. The summed E-state index contributed by atoms with van der Waals surface area (Å²) in [5.74, 6) is -0.551. The lowest BCUT2D eigenvalue weighted by atomic mass is 10.0. The molecule has 1 aliphatic rings. The molecule has 2 aromatic rings. The van der Waals surface area contributed by atoms with Crippen molar-refractivity contribution in [2.24, 2.45) is 0 Å². The zero-order chi connectivity index (χ0) is 19.6. The zero-order valence-electron chi connectivity index (χ0n) is 14.1. The predicted octanol–water partition coefficient (Wildman–Crippen LogP) is 3.62. The third kappa shape index (κ3) is 4.37. The van der Waals surface area contributed by atoms with Crippen LogP contribution < -0.4 is 15.4 Å². The monoisotopic (exact) mass is 464 g/mol. The van der Waals surface area contributed by atoms with Gasteiger partial charge in [0.1, 0.15) is 11.3 Å². The number of hydrogen-bond donors (Lipinski definition) is 2. The van der Waals surface area contributed by atoms with E-state index in [0.29, 0.717) is 22.8 Å². The van der Waals surface area contributed by atoms with E-state index in [0.717, 1.165) is 15.6 Å². The Balaban J connectivity index is 1.98. The standard InChI is InChI=1S/C19H14BrClN2O3S/c1-26-16-8-10(6-13-17(24)22-19(27)23-18(13)25)7-15(21)12(16)9-11-4-2-3-5-14(11)20/h2-8H,9H2,1H3,(H2,22,23,24,25,27). The van der Waals surface area contributed by atoms with E-state index in [9.17, 15) is 9.59 Å². The van der Waals surface area contributed by atoms with Crippen LogP contribution in [0.25, 0.3) is 6.08 Å². The maximum atomic E-state index is 12.0. The van der Waals surface area contributed by atoms with Gasteiger partial charge in [0.25, 0.3) is 11.8 Å². The Labute approximate surface area is 174 Å². The van der Waals surface area contributed by atoms with Crippen LogP contribution in [0.1, 0.15) is 16.7 Å². The molecule has 2 N–H and O–H groups in total. The van der Waals surface area contributed by atoms with Gasteiger partial charge in [-0.25, -0.2) is 0 Å². The summed E-state index contributed by atoms with van der Waals surface area (Å²) in [5.41, 5.74) is 2.39. The Kier molecular flexibility index (Phi) is 5.94. The normalized spacial score (nSPS) is 13.9. The molecule has 0 bridgehead atoms. The van der Waals surface area contributed by atoms with Crippen molar-refractivity contribution in [3.05, 3.63) is 68.2 Å². The Morgan fingerprint density at radius 2 is 1.85 bits per heavy atom. The van der Waals surface area contributed by atoms with Crippen molar-refractivity contribution in [2.45, 2.75) is 6.42 Å². The molecule has 2 amide bonds. The van der Waals surface area contributed by atoms with E-state index in [2.05, 4.69) is 26.6 Å². The van der Waals surface area contributed by atoms with Gasteiger partial charge in [-0.2, -0.15) is 0 Å². The van der Waals surface area contributed by atoms with Crippen LogP contribution in [0.5, 0.6) is 5.75 Å². The molecule has 0 aliphatic carbocycles. The Bertz CT molecular complexity index is 969. The van der Waals surface area contributed by atoms with Crippen LogP contribution >= 0.6 is 39.7 Å². The molecule has 5 nitrogen and oxygen atoms in total. The Morgan fingerprint density at radius 3 is 2.48 bits per heavy atom. The molecule has 0 unspecified atom stereocenters. The van der Waals surface area contributed by atoms with Gasteiger partial charge in [0.15, 0.2) is 5.11 Å². The van der Waals surface area contributed by atoms with E-state index in [1.165, 1.54) is 6.08 Å². The van der Waals surface area contributed by atoms with Gasteiger partial charge in [-0.15, -0.1) is 0 Å². The number of carbonyl (C=O) groups excluding carboxylic acids is 2. The van der Waals surface area contributed by atoms with Gasteiger partial charge in [-0.05, 0) is 47.6 Å². The molecule has 0 saturated carbocycles. The minimum atomic E-state index is -0.559. The fraction of sp³-hybridized carbons (Fsp3) is 0.105. The lowest BCUT2D eigenvalue weighted by molar-refractivity contribution is -0.123. The number of benzene rings is 2. The molecule has 138 valence electrons. The molecule has 1 fully saturated rings. The van der Waals surface area contributed by atoms with Crippen LogP contribution in [0.4, 0.5) is 0 Å². The fourth-order valence-corrected chi connectivity index (χ4v) is 3.57. The number of thiocarbonyl (C=S) groups is 1. The van der Waals surface area contributed by atoms with E-state index in [1.807, 2.05) is 24.3 Å². The first-order chi connectivity index (χ1) is 12.9. The SMILES string of the molecule is COc1cc(C=C2C(=O)NC(=S)NC2=O)cc(Cl)c1Cc1ccccc1Br. The summed E-state index contributed by atoms with van der Waals surface area (Å²) in [5, 5.41) is 5.26. The maximum Gasteiger partial charge on any atom is 0.263 e. The Hall–Kier alpha value is -2.22. The van der Waals surface area contributed by atoms with Crippen molar-refractivity contribution in [3.8, 4) is 5.75 Å². The largest absolute Gasteiger partial charge is 0.496 e. The van der Waals surface area contributed by atoms with E-state index < -0.39 is 11.8 Å². The number of halogens is 2. The topological polar surface area (TPSA) is 67.4 Å². The second kappa shape index (κ2) is 8.21. The van der Waals surface area contributed by atoms with E-state index in [4.69, 9.17) is 28.6 Å². The van der Waals surface area contributed by atoms with Gasteiger partial charge >= 0.3 is 0 Å². The quantitative estimate of drug-likeness (QED) is 0.411. The molecular formula is C19H14BrClN2O3S. The molecular weight excluding hydrogens is 452 g/mol. The number of rotatable bonds is 4. The number of nitrogens with one attached hydrogen (secondary N) is 2. The second-order valence-electron chi connectivity index (χ2n) is 5.75. The van der Waals surface area contributed by atoms with E-state index in [1.54, 1.807) is 19.2 Å². The molecule has 0 aromatic heterocycles. The highest BCUT2D eigenvalue weighted by atomic mass is 79.9. The first kappa shape index (κ1) is 19.5. The summed E-state index contributed by atoms with van der Waals surface area (Å²) in [6.45, 7) is 0. The van der Waals surface area contributed by atoms with Crippen LogP contribution in [0.3, 0.4) is 0 Å². The van der Waals surface area contributed by atoms with Crippen LogP contribution in [0.15, 0.2) is 46.4 Å². The summed E-state index contributed by atoms with van der Waals surface area (Å²) < 4.78 is 6.46. The third-order valence-electron chi connectivity index (χ3n) is 3.98. The zero-order valence-corrected chi connectivity index (χ0v) is 17.3. The summed E-state index contributed by atoms with van der Waals surface area (Å²) in [6.07, 6.45) is 2.01. The van der Waals surface area contributed by atoms with Crippen molar-refractivity contribution >= 4 is 62.8 Å². The number of methoxy groups -OCH3 is 1. The number of hydrogen-bond acceptors (Lipinski definition) is 4. The van der Waals surface area contributed by atoms with Gasteiger partial charge in [-0.1, -0.05) is 45.7 Å². The average Bonchev–Trinajstić information content (AvgIpc) is 2.61. The van der Waals surface area contributed by atoms with Gasteiger partial charge < -0.3 is 4.74 Å². The summed E-state index contributed by atoms with van der Waals surface area (Å²) in [7, 11) is 1.55. The minimum Gasteiger partial charge on any atom is -0.496 e. The lowest BCUT2D eigenvalue weighted by Gasteiger charge is -2.17. The van der Waals surface area contributed by atoms with Crippen LogP contribution in [-0.2, 0) is 16.0 Å². The first-order valence-electron chi connectivity index (χ1n) is 7.87. The molecule has 3 rings (SSSR count). The average molecular weight is 466 g/mol. The van der Waals surface area contributed by atoms with Gasteiger partial charge in [0.05, 0.1) is 7.11 Å². The van der Waals surface area contributed by atoms with Crippen LogP contribution in [0, 0.1) is 0 Å². The molecule has 0 atom stereocenters. The molecule has 27 heavy (non-hydrogen) atoms. The van der Waals surface area contributed by atoms with Gasteiger partial charge in [0.2, 0.25) is 0 Å². The molecule has 1 heterocycles. The highest BCUT2D eigenvalue weighted by Gasteiger charge is 2.26. The summed E-state index contributed by atoms with van der Waals surface area (Å²) >= 11 is 14.8. The number of ether oxygens (including phenoxy) is 1. The smallest absolute Gasteiger partial charge is 0.263 e. The van der Waals surface area contributed by atoms with Crippen molar-refractivity contribution in [2.75, 3.05) is 7.11 Å². The number of carbonyl (C=O) groups is 2. The summed E-state index contributed by atoms with van der Waals surface area (Å²) in [6, 6.07) is 11.3. The number of amides is 2. The molecule has 0 radical (unpaired) electrons. The highest BCUT2D eigenvalue weighted by Crippen LogP contribution is 2.33. The van der Waals surface area contributed by atoms with Crippen molar-refractivity contribution in [3.63, 3.8) is 0 Å². The van der Waals surface area contributed by atoms with E-state index in [-0.39, 0.29) is 10.7 Å². The van der Waals surface area contributed by atoms with Crippen LogP contribution in [0.2, 0.25) is 5.02 Å². The lowest BCUT2D eigenvalue weighted by Crippen LogP contribution is -2.51. The van der Waals surface area contributed by atoms with Crippen molar-refractivity contribution in [1.29, 1.82) is 0 Å². The molecule has 2 aromatic carbocycles. The molecule has 1 saturated heterocycles. The fourth-order valence-electron chi connectivity index (χ4n) is 2.67.